The number of aromatic nitrogens is 2. The summed E-state index contributed by atoms with van der Waals surface area (Å²) in [5.41, 5.74) is 0. The maximum Gasteiger partial charge on any atom is 0.240 e. The smallest absolute Gasteiger partial charge is 0.240 e. The normalized spacial score (nSPS) is 28.7. The van der Waals surface area contributed by atoms with Gasteiger partial charge in [-0.3, -0.25) is 9.80 Å². The summed E-state index contributed by atoms with van der Waals surface area (Å²) in [6.45, 7) is 7.80. The van der Waals surface area contributed by atoms with E-state index in [0.717, 1.165) is 58.2 Å². The predicted octanol–water partition coefficient (Wildman–Crippen LogP) is 1.29. The lowest BCUT2D eigenvalue weighted by Crippen LogP contribution is -2.59. The highest BCUT2D eigenvalue weighted by molar-refractivity contribution is 7.89. The predicted molar refractivity (Wildman–Crippen MR) is 124 cm³/mol. The lowest BCUT2D eigenvalue weighted by molar-refractivity contribution is -0.0108. The second-order valence-electron chi connectivity index (χ2n) is 9.19. The molecule has 0 radical (unpaired) electrons. The van der Waals surface area contributed by atoms with E-state index in [2.05, 4.69) is 29.4 Å². The fraction of sp³-hybridized carbons (Fsp3) is 0.565. The number of fused-ring (bicyclic) bond motifs is 3. The highest BCUT2D eigenvalue weighted by atomic mass is 32.2. The topological polar surface area (TPSA) is 81.7 Å². The maximum absolute atomic E-state index is 12.6. The zero-order chi connectivity index (χ0) is 22.0. The Bertz CT molecular complexity index is 982. The van der Waals surface area contributed by atoms with Gasteiger partial charge in [0, 0.05) is 64.2 Å². The molecular formula is C23H32N6O2S. The Kier molecular flexibility index (Phi) is 6.41. The molecule has 32 heavy (non-hydrogen) atoms. The zero-order valence-electron chi connectivity index (χ0n) is 18.4. The fourth-order valence-electron chi connectivity index (χ4n) is 5.47. The number of anilines is 1. The van der Waals surface area contributed by atoms with Crippen molar-refractivity contribution in [3.05, 3.63) is 48.8 Å². The van der Waals surface area contributed by atoms with Crippen molar-refractivity contribution in [1.29, 1.82) is 0 Å². The SMILES string of the molecule is O=S(=O)(NCC1CC2CCN1CC2CN1CCN(c2ncccn2)CC1)c1ccccc1. The third-order valence-electron chi connectivity index (χ3n) is 7.28. The minimum atomic E-state index is -3.44. The summed E-state index contributed by atoms with van der Waals surface area (Å²) in [6, 6.07) is 10.8. The molecule has 1 N–H and O–H groups in total. The van der Waals surface area contributed by atoms with Crippen LogP contribution in [-0.4, -0.2) is 86.6 Å². The molecule has 2 aromatic rings. The second kappa shape index (κ2) is 9.43. The molecule has 1 aromatic heterocycles. The standard InChI is InChI=1S/C23H32N6O2S/c30-32(31,22-5-2-1-3-6-22)26-16-21-15-19-7-10-29(21)18-20(19)17-27-11-13-28(14-12-27)23-24-8-4-9-25-23/h1-6,8-9,19-21,26H,7,10-18H2. The number of benzene rings is 1. The Balaban J connectivity index is 1.11. The van der Waals surface area contributed by atoms with Gasteiger partial charge in [-0.05, 0) is 49.4 Å². The Morgan fingerprint density at radius 3 is 2.41 bits per heavy atom. The van der Waals surface area contributed by atoms with Crippen LogP contribution in [0, 0.1) is 11.8 Å². The van der Waals surface area contributed by atoms with Crippen molar-refractivity contribution in [3.8, 4) is 0 Å². The Hall–Kier alpha value is -2.07. The molecule has 0 saturated carbocycles. The largest absolute Gasteiger partial charge is 0.338 e. The van der Waals surface area contributed by atoms with Gasteiger partial charge in [0.05, 0.1) is 4.90 Å². The summed E-state index contributed by atoms with van der Waals surface area (Å²) < 4.78 is 28.0. The van der Waals surface area contributed by atoms with Gasteiger partial charge < -0.3 is 4.90 Å². The molecule has 4 unspecified atom stereocenters. The van der Waals surface area contributed by atoms with Crippen molar-refractivity contribution in [1.82, 2.24) is 24.5 Å². The van der Waals surface area contributed by atoms with Crippen LogP contribution in [0.2, 0.25) is 0 Å². The number of nitrogens with zero attached hydrogens (tertiary/aromatic N) is 5. The molecule has 5 heterocycles. The zero-order valence-corrected chi connectivity index (χ0v) is 19.2. The van der Waals surface area contributed by atoms with Gasteiger partial charge >= 0.3 is 0 Å². The summed E-state index contributed by atoms with van der Waals surface area (Å²) in [6.07, 6.45) is 5.92. The van der Waals surface area contributed by atoms with Crippen LogP contribution in [-0.2, 0) is 10.0 Å². The third-order valence-corrected chi connectivity index (χ3v) is 8.72. The number of sulfonamides is 1. The van der Waals surface area contributed by atoms with Crippen LogP contribution in [0.25, 0.3) is 0 Å². The van der Waals surface area contributed by atoms with E-state index in [4.69, 9.17) is 0 Å². The van der Waals surface area contributed by atoms with Crippen molar-refractivity contribution in [2.24, 2.45) is 11.8 Å². The molecule has 2 bridgehead atoms. The molecule has 9 heteroatoms. The van der Waals surface area contributed by atoms with E-state index in [1.54, 1.807) is 36.7 Å². The van der Waals surface area contributed by atoms with Crippen molar-refractivity contribution >= 4 is 16.0 Å². The Morgan fingerprint density at radius 2 is 1.72 bits per heavy atom. The molecule has 1 aromatic carbocycles. The molecule has 0 aliphatic carbocycles. The van der Waals surface area contributed by atoms with E-state index in [9.17, 15) is 8.42 Å². The molecule has 6 rings (SSSR count). The van der Waals surface area contributed by atoms with Gasteiger partial charge in [-0.2, -0.15) is 0 Å². The van der Waals surface area contributed by atoms with E-state index in [1.807, 2.05) is 12.1 Å². The number of hydrogen-bond acceptors (Lipinski definition) is 7. The number of nitrogens with one attached hydrogen (secondary N) is 1. The second-order valence-corrected chi connectivity index (χ2v) is 11.0. The van der Waals surface area contributed by atoms with Crippen LogP contribution in [0.1, 0.15) is 12.8 Å². The van der Waals surface area contributed by atoms with Gasteiger partial charge in [-0.1, -0.05) is 18.2 Å². The van der Waals surface area contributed by atoms with Crippen LogP contribution in [0.15, 0.2) is 53.7 Å². The summed E-state index contributed by atoms with van der Waals surface area (Å²) in [7, 11) is -3.44. The summed E-state index contributed by atoms with van der Waals surface area (Å²) >= 11 is 0. The first-order valence-electron chi connectivity index (χ1n) is 11.6. The summed E-state index contributed by atoms with van der Waals surface area (Å²) in [5, 5.41) is 0. The molecule has 4 saturated heterocycles. The van der Waals surface area contributed by atoms with E-state index in [-0.39, 0.29) is 0 Å². The van der Waals surface area contributed by atoms with Gasteiger partial charge in [0.2, 0.25) is 16.0 Å². The molecule has 4 aliphatic heterocycles. The Labute approximate surface area is 190 Å². The maximum atomic E-state index is 12.6. The number of piperazine rings is 1. The van der Waals surface area contributed by atoms with Gasteiger partial charge in [0.25, 0.3) is 0 Å². The average molecular weight is 457 g/mol. The average Bonchev–Trinajstić information content (AvgIpc) is 2.85. The van der Waals surface area contributed by atoms with Crippen LogP contribution in [0.4, 0.5) is 5.95 Å². The molecule has 4 fully saturated rings. The highest BCUT2D eigenvalue weighted by Gasteiger charge is 2.41. The molecule has 0 amide bonds. The molecule has 4 atom stereocenters. The molecular weight excluding hydrogens is 424 g/mol. The van der Waals surface area contributed by atoms with E-state index in [1.165, 1.54) is 6.42 Å². The first-order chi connectivity index (χ1) is 15.6. The number of rotatable bonds is 7. The van der Waals surface area contributed by atoms with Crippen molar-refractivity contribution in [3.63, 3.8) is 0 Å². The van der Waals surface area contributed by atoms with Gasteiger partial charge in [0.1, 0.15) is 0 Å². The van der Waals surface area contributed by atoms with Crippen molar-refractivity contribution in [2.45, 2.75) is 23.8 Å². The van der Waals surface area contributed by atoms with Gasteiger partial charge in [0.15, 0.2) is 0 Å². The van der Waals surface area contributed by atoms with E-state index < -0.39 is 10.0 Å². The molecule has 4 aliphatic rings. The van der Waals surface area contributed by atoms with Crippen LogP contribution in [0.3, 0.4) is 0 Å². The van der Waals surface area contributed by atoms with Crippen molar-refractivity contribution < 1.29 is 8.42 Å². The fourth-order valence-corrected chi connectivity index (χ4v) is 6.57. The summed E-state index contributed by atoms with van der Waals surface area (Å²) in [4.78, 5) is 16.5. The van der Waals surface area contributed by atoms with Crippen LogP contribution < -0.4 is 9.62 Å². The molecule has 172 valence electrons. The number of piperidine rings is 3. The van der Waals surface area contributed by atoms with Gasteiger partial charge in [-0.25, -0.2) is 23.1 Å². The number of hydrogen-bond donors (Lipinski definition) is 1. The summed E-state index contributed by atoms with van der Waals surface area (Å²) in [5.74, 6) is 2.18. The first-order valence-corrected chi connectivity index (χ1v) is 13.1. The highest BCUT2D eigenvalue weighted by Crippen LogP contribution is 2.36. The van der Waals surface area contributed by atoms with E-state index >= 15 is 0 Å². The van der Waals surface area contributed by atoms with Crippen LogP contribution >= 0.6 is 0 Å². The lowest BCUT2D eigenvalue weighted by Gasteiger charge is -2.51. The molecule has 0 spiro atoms. The quantitative estimate of drug-likeness (QED) is 0.672. The van der Waals surface area contributed by atoms with Gasteiger partial charge in [-0.15, -0.1) is 0 Å². The van der Waals surface area contributed by atoms with Crippen molar-refractivity contribution in [2.75, 3.05) is 57.3 Å². The minimum absolute atomic E-state index is 0.301. The lowest BCUT2D eigenvalue weighted by atomic mass is 9.75. The third kappa shape index (κ3) is 4.80. The van der Waals surface area contributed by atoms with Crippen LogP contribution in [0.5, 0.6) is 0 Å². The first kappa shape index (κ1) is 21.8. The molecule has 8 nitrogen and oxygen atoms in total. The minimum Gasteiger partial charge on any atom is -0.338 e. The van der Waals surface area contributed by atoms with E-state index in [0.29, 0.717) is 29.3 Å². The monoisotopic (exact) mass is 456 g/mol. The Morgan fingerprint density at radius 1 is 0.969 bits per heavy atom.